The van der Waals surface area contributed by atoms with E-state index in [1.807, 2.05) is 19.1 Å². The Kier molecular flexibility index (Phi) is 3.03. The summed E-state index contributed by atoms with van der Waals surface area (Å²) in [7, 11) is 0. The van der Waals surface area contributed by atoms with Gasteiger partial charge in [0.25, 0.3) is 0 Å². The van der Waals surface area contributed by atoms with E-state index in [4.69, 9.17) is 15.4 Å². The van der Waals surface area contributed by atoms with Crippen molar-refractivity contribution in [2.45, 2.75) is 13.3 Å². The van der Waals surface area contributed by atoms with E-state index >= 15 is 0 Å². The van der Waals surface area contributed by atoms with Crippen molar-refractivity contribution in [1.82, 2.24) is 0 Å². The fraction of sp³-hybridized carbons (Fsp3) is 0.182. The maximum Gasteiger partial charge on any atom is 0.169 e. The molecule has 0 bridgehead atoms. The smallest absolute Gasteiger partial charge is 0.169 e. The van der Waals surface area contributed by atoms with Crippen LogP contribution >= 0.6 is 27.3 Å². The van der Waals surface area contributed by atoms with Crippen LogP contribution in [0.25, 0.3) is 10.6 Å². The largest absolute Gasteiger partial charge is 0.449 e. The van der Waals surface area contributed by atoms with E-state index in [0.29, 0.717) is 15.2 Å². The second kappa shape index (κ2) is 4.32. The lowest BCUT2D eigenvalue weighted by atomic mass is 10.1. The number of hydrogen-bond donors (Lipinski definition) is 1. The normalized spacial score (nSPS) is 10.3. The number of hydrogen-bond acceptors (Lipinski definition) is 4. The van der Waals surface area contributed by atoms with Gasteiger partial charge < -0.3 is 10.2 Å². The molecule has 0 unspecified atom stereocenters. The van der Waals surface area contributed by atoms with Crippen LogP contribution in [0.2, 0.25) is 0 Å². The quantitative estimate of drug-likeness (QED) is 0.917. The first-order valence-electron chi connectivity index (χ1n) is 4.74. The van der Waals surface area contributed by atoms with Crippen molar-refractivity contribution in [2.75, 3.05) is 5.73 Å². The summed E-state index contributed by atoms with van der Waals surface area (Å²) in [5, 5.41) is 8.94. The van der Waals surface area contributed by atoms with Crippen molar-refractivity contribution in [1.29, 1.82) is 5.26 Å². The maximum atomic E-state index is 8.94. The Morgan fingerprint density at radius 3 is 2.81 bits per heavy atom. The highest BCUT2D eigenvalue weighted by Gasteiger charge is 2.17. The number of halogens is 1. The molecular formula is C11H9BrN2OS. The van der Waals surface area contributed by atoms with Crippen LogP contribution in [0.3, 0.4) is 0 Å². The number of thiophene rings is 1. The van der Waals surface area contributed by atoms with Crippen LogP contribution in [0, 0.1) is 11.3 Å². The van der Waals surface area contributed by atoms with Gasteiger partial charge in [-0.2, -0.15) is 5.26 Å². The molecule has 0 aliphatic heterocycles. The monoisotopic (exact) mass is 296 g/mol. The molecule has 0 saturated carbocycles. The summed E-state index contributed by atoms with van der Waals surface area (Å²) in [6.45, 7) is 2.01. The molecule has 2 aromatic heterocycles. The summed E-state index contributed by atoms with van der Waals surface area (Å²) >= 11 is 4.64. The lowest BCUT2D eigenvalue weighted by Crippen LogP contribution is -1.90. The molecule has 2 rings (SSSR count). The summed E-state index contributed by atoms with van der Waals surface area (Å²) in [5.41, 5.74) is 7.47. The van der Waals surface area contributed by atoms with E-state index in [-0.39, 0.29) is 0 Å². The minimum absolute atomic E-state index is 0.555. The molecule has 0 fully saturated rings. The molecule has 0 aliphatic rings. The lowest BCUT2D eigenvalue weighted by Gasteiger charge is -1.98. The molecule has 0 aliphatic carbocycles. The minimum Gasteiger partial charge on any atom is -0.449 e. The number of rotatable bonds is 2. The van der Waals surface area contributed by atoms with Gasteiger partial charge >= 0.3 is 0 Å². The third kappa shape index (κ3) is 1.75. The average Bonchev–Trinajstić information content (AvgIpc) is 2.82. The van der Waals surface area contributed by atoms with Crippen LogP contribution in [0.1, 0.15) is 17.4 Å². The second-order valence-electron chi connectivity index (χ2n) is 3.22. The molecule has 2 N–H and O–H groups in total. The van der Waals surface area contributed by atoms with Gasteiger partial charge in [-0.15, -0.1) is 11.3 Å². The Labute approximate surface area is 106 Å². The molecule has 2 aromatic rings. The lowest BCUT2D eigenvalue weighted by molar-refractivity contribution is 0.556. The van der Waals surface area contributed by atoms with Crippen molar-refractivity contribution in [3.8, 4) is 16.7 Å². The zero-order valence-electron chi connectivity index (χ0n) is 8.58. The van der Waals surface area contributed by atoms with E-state index in [1.165, 1.54) is 11.3 Å². The first-order chi connectivity index (χ1) is 7.67. The van der Waals surface area contributed by atoms with E-state index in [1.54, 1.807) is 0 Å². The van der Waals surface area contributed by atoms with Gasteiger partial charge in [0.15, 0.2) is 4.67 Å². The Balaban J connectivity index is 2.61. The Morgan fingerprint density at radius 2 is 2.31 bits per heavy atom. The number of anilines is 1. The highest BCUT2D eigenvalue weighted by Crippen LogP contribution is 2.39. The van der Waals surface area contributed by atoms with Crippen molar-refractivity contribution in [3.05, 3.63) is 27.2 Å². The standard InChI is InChI=1S/C11H9BrN2OS/c1-2-6-10(14)8(5-13)16-11(6)7-3-4-9(12)15-7/h3-4H,2,14H2,1H3. The average molecular weight is 297 g/mol. The van der Waals surface area contributed by atoms with Gasteiger partial charge in [0.1, 0.15) is 16.7 Å². The van der Waals surface area contributed by atoms with E-state index in [9.17, 15) is 0 Å². The minimum atomic E-state index is 0.555. The maximum absolute atomic E-state index is 8.94. The Hall–Kier alpha value is -1.25. The third-order valence-corrected chi connectivity index (χ3v) is 3.89. The van der Waals surface area contributed by atoms with Crippen LogP contribution in [0.5, 0.6) is 0 Å². The van der Waals surface area contributed by atoms with Crippen LogP contribution in [0.15, 0.2) is 21.2 Å². The van der Waals surface area contributed by atoms with Gasteiger partial charge in [-0.3, -0.25) is 0 Å². The summed E-state index contributed by atoms with van der Waals surface area (Å²) in [4.78, 5) is 1.50. The zero-order valence-corrected chi connectivity index (χ0v) is 11.0. The van der Waals surface area contributed by atoms with Crippen LogP contribution in [-0.2, 0) is 6.42 Å². The first-order valence-corrected chi connectivity index (χ1v) is 6.35. The van der Waals surface area contributed by atoms with Crippen LogP contribution < -0.4 is 5.73 Å². The van der Waals surface area contributed by atoms with Gasteiger partial charge in [-0.1, -0.05) is 6.92 Å². The fourth-order valence-electron chi connectivity index (χ4n) is 1.55. The van der Waals surface area contributed by atoms with E-state index in [0.717, 1.165) is 22.6 Å². The fourth-order valence-corrected chi connectivity index (χ4v) is 2.92. The van der Waals surface area contributed by atoms with Gasteiger partial charge in [0, 0.05) is 0 Å². The van der Waals surface area contributed by atoms with E-state index < -0.39 is 0 Å². The molecule has 82 valence electrons. The topological polar surface area (TPSA) is 63.0 Å². The first kappa shape index (κ1) is 11.2. The highest BCUT2D eigenvalue weighted by atomic mass is 79.9. The predicted molar refractivity (Wildman–Crippen MR) is 68.2 cm³/mol. The summed E-state index contributed by atoms with van der Waals surface area (Å²) in [5.74, 6) is 0.752. The van der Waals surface area contributed by atoms with Crippen LogP contribution in [-0.4, -0.2) is 0 Å². The molecule has 0 amide bonds. The third-order valence-electron chi connectivity index (χ3n) is 2.30. The number of nitrogens with two attached hydrogens (primary N) is 1. The molecule has 0 atom stereocenters. The molecular weight excluding hydrogens is 288 g/mol. The van der Waals surface area contributed by atoms with Crippen molar-refractivity contribution >= 4 is 33.0 Å². The van der Waals surface area contributed by atoms with Gasteiger partial charge in [0.05, 0.1) is 10.6 Å². The van der Waals surface area contributed by atoms with Crippen molar-refractivity contribution in [3.63, 3.8) is 0 Å². The van der Waals surface area contributed by atoms with Gasteiger partial charge in [-0.25, -0.2) is 0 Å². The molecule has 0 spiro atoms. The molecule has 0 radical (unpaired) electrons. The SMILES string of the molecule is CCc1c(-c2ccc(Br)o2)sc(C#N)c1N. The summed E-state index contributed by atoms with van der Waals surface area (Å²) in [6.07, 6.45) is 0.789. The summed E-state index contributed by atoms with van der Waals surface area (Å²) in [6, 6.07) is 5.81. The Morgan fingerprint density at radius 1 is 1.56 bits per heavy atom. The van der Waals surface area contributed by atoms with Gasteiger partial charge in [0.2, 0.25) is 0 Å². The summed E-state index contributed by atoms with van der Waals surface area (Å²) < 4.78 is 6.16. The second-order valence-corrected chi connectivity index (χ2v) is 5.02. The molecule has 5 heteroatoms. The predicted octanol–water partition coefficient (Wildman–Crippen LogP) is 3.79. The molecule has 3 nitrogen and oxygen atoms in total. The molecule has 2 heterocycles. The Bertz CT molecular complexity index is 565. The zero-order chi connectivity index (χ0) is 11.7. The van der Waals surface area contributed by atoms with E-state index in [2.05, 4.69) is 22.0 Å². The number of nitrogen functional groups attached to an aromatic ring is 1. The molecule has 16 heavy (non-hydrogen) atoms. The van der Waals surface area contributed by atoms with Crippen molar-refractivity contribution < 1.29 is 4.42 Å². The van der Waals surface area contributed by atoms with Gasteiger partial charge in [-0.05, 0) is 40.0 Å². The molecule has 0 saturated heterocycles. The number of nitriles is 1. The highest BCUT2D eigenvalue weighted by molar-refractivity contribution is 9.10. The number of furan rings is 1. The van der Waals surface area contributed by atoms with Crippen molar-refractivity contribution in [2.24, 2.45) is 0 Å². The molecule has 0 aromatic carbocycles. The number of nitrogens with zero attached hydrogens (tertiary/aromatic N) is 1. The van der Waals surface area contributed by atoms with Crippen LogP contribution in [0.4, 0.5) is 5.69 Å².